The first-order valence-corrected chi connectivity index (χ1v) is 10.9. The van der Waals surface area contributed by atoms with E-state index in [-0.39, 0.29) is 11.9 Å². The van der Waals surface area contributed by atoms with Crippen molar-refractivity contribution in [1.29, 1.82) is 0 Å². The minimum atomic E-state index is -0.530. The average molecular weight is 454 g/mol. The molecule has 0 fully saturated rings. The van der Waals surface area contributed by atoms with E-state index in [1.54, 1.807) is 37.5 Å². The summed E-state index contributed by atoms with van der Waals surface area (Å²) in [6.45, 7) is 11.1. The maximum Gasteiger partial charge on any atom is 0.346 e. The number of allylic oxidation sites excluding steroid dienone is 1. The van der Waals surface area contributed by atoms with Crippen molar-refractivity contribution >= 4 is 34.1 Å². The molecule has 0 spiro atoms. The number of benzene rings is 1. The Balaban J connectivity index is 1.87. The maximum atomic E-state index is 12.9. The van der Waals surface area contributed by atoms with Crippen LogP contribution in [-0.2, 0) is 11.2 Å². The first kappa shape index (κ1) is 23.2. The molecule has 1 aromatic carbocycles. The van der Waals surface area contributed by atoms with E-state index in [4.69, 9.17) is 4.74 Å². The van der Waals surface area contributed by atoms with E-state index in [0.717, 1.165) is 10.6 Å². The number of anilines is 2. The number of hydrogen-bond donors (Lipinski definition) is 2. The first-order chi connectivity index (χ1) is 15.1. The van der Waals surface area contributed by atoms with Crippen LogP contribution in [0.5, 0.6) is 5.75 Å². The molecule has 2 heterocycles. The smallest absolute Gasteiger partial charge is 0.346 e. The summed E-state index contributed by atoms with van der Waals surface area (Å²) in [5.41, 5.74) is 2.12. The third-order valence-corrected chi connectivity index (χ3v) is 5.70. The fourth-order valence-corrected chi connectivity index (χ4v) is 3.74. The summed E-state index contributed by atoms with van der Waals surface area (Å²) in [7, 11) is 1.59. The highest BCUT2D eigenvalue weighted by Crippen LogP contribution is 2.33. The van der Waals surface area contributed by atoms with Gasteiger partial charge in [0.15, 0.2) is 5.13 Å². The van der Waals surface area contributed by atoms with Crippen LogP contribution in [0.4, 0.5) is 15.6 Å². The molecule has 2 amide bonds. The number of methoxy groups -OCH3 is 1. The van der Waals surface area contributed by atoms with Gasteiger partial charge in [-0.1, -0.05) is 38.2 Å². The van der Waals surface area contributed by atoms with Crippen molar-refractivity contribution in [2.24, 2.45) is 5.41 Å². The SMILES string of the molecule is C=CCc1cc(-c2sc(NC(=O)C(C)(C)C)nc2C)nn1C(=O)Nc1ccc(OC)cc1. The van der Waals surface area contributed by atoms with Gasteiger partial charge in [-0.3, -0.25) is 4.79 Å². The number of hydrogen-bond acceptors (Lipinski definition) is 6. The summed E-state index contributed by atoms with van der Waals surface area (Å²) in [6.07, 6.45) is 2.18. The van der Waals surface area contributed by atoms with Gasteiger partial charge in [-0.15, -0.1) is 6.58 Å². The first-order valence-electron chi connectivity index (χ1n) is 10.1. The molecule has 2 N–H and O–H groups in total. The Hall–Kier alpha value is -3.46. The lowest BCUT2D eigenvalue weighted by molar-refractivity contribution is -0.123. The average Bonchev–Trinajstić information content (AvgIpc) is 3.31. The van der Waals surface area contributed by atoms with Crippen molar-refractivity contribution in [3.8, 4) is 16.3 Å². The molecule has 32 heavy (non-hydrogen) atoms. The predicted octanol–water partition coefficient (Wildman–Crippen LogP) is 5.12. The zero-order valence-electron chi connectivity index (χ0n) is 18.9. The van der Waals surface area contributed by atoms with E-state index < -0.39 is 5.41 Å². The summed E-state index contributed by atoms with van der Waals surface area (Å²) in [5.74, 6) is 0.585. The Morgan fingerprint density at radius 3 is 2.50 bits per heavy atom. The number of rotatable bonds is 6. The van der Waals surface area contributed by atoms with Crippen molar-refractivity contribution < 1.29 is 14.3 Å². The molecule has 0 saturated carbocycles. The van der Waals surface area contributed by atoms with Crippen LogP contribution in [0.1, 0.15) is 32.2 Å². The van der Waals surface area contributed by atoms with Crippen LogP contribution in [0.3, 0.4) is 0 Å². The van der Waals surface area contributed by atoms with Crippen molar-refractivity contribution in [2.45, 2.75) is 34.1 Å². The Bertz CT molecular complexity index is 1140. The number of ether oxygens (including phenoxy) is 1. The van der Waals surface area contributed by atoms with Crippen LogP contribution < -0.4 is 15.4 Å². The van der Waals surface area contributed by atoms with E-state index in [1.165, 1.54) is 16.0 Å². The van der Waals surface area contributed by atoms with Crippen molar-refractivity contribution in [3.63, 3.8) is 0 Å². The second-order valence-electron chi connectivity index (χ2n) is 8.22. The van der Waals surface area contributed by atoms with Crippen LogP contribution in [0.25, 0.3) is 10.6 Å². The fraction of sp³-hybridized carbons (Fsp3) is 0.304. The minimum Gasteiger partial charge on any atom is -0.497 e. The van der Waals surface area contributed by atoms with Gasteiger partial charge >= 0.3 is 6.03 Å². The third-order valence-electron chi connectivity index (χ3n) is 4.60. The van der Waals surface area contributed by atoms with Gasteiger partial charge in [0.05, 0.1) is 23.4 Å². The van der Waals surface area contributed by atoms with Crippen LogP contribution in [-0.4, -0.2) is 33.8 Å². The fourth-order valence-electron chi connectivity index (χ4n) is 2.82. The summed E-state index contributed by atoms with van der Waals surface area (Å²) in [4.78, 5) is 30.5. The number of amides is 2. The van der Waals surface area contributed by atoms with Gasteiger partial charge < -0.3 is 15.4 Å². The van der Waals surface area contributed by atoms with E-state index in [2.05, 4.69) is 27.3 Å². The molecule has 3 rings (SSSR count). The zero-order chi connectivity index (χ0) is 23.5. The third kappa shape index (κ3) is 5.23. The monoisotopic (exact) mass is 453 g/mol. The van der Waals surface area contributed by atoms with Gasteiger partial charge in [0, 0.05) is 17.5 Å². The van der Waals surface area contributed by atoms with Crippen molar-refractivity contribution in [3.05, 3.63) is 54.4 Å². The number of aryl methyl sites for hydroxylation is 1. The van der Waals surface area contributed by atoms with Gasteiger partial charge in [-0.05, 0) is 37.3 Å². The van der Waals surface area contributed by atoms with Gasteiger partial charge in [0.25, 0.3) is 0 Å². The molecular weight excluding hydrogens is 426 g/mol. The van der Waals surface area contributed by atoms with Gasteiger partial charge in [-0.25, -0.2) is 9.78 Å². The zero-order valence-corrected chi connectivity index (χ0v) is 19.7. The normalized spacial score (nSPS) is 11.2. The summed E-state index contributed by atoms with van der Waals surface area (Å²) < 4.78 is 6.47. The summed E-state index contributed by atoms with van der Waals surface area (Å²) in [5, 5.41) is 10.7. The Morgan fingerprint density at radius 2 is 1.91 bits per heavy atom. The lowest BCUT2D eigenvalue weighted by Crippen LogP contribution is -2.27. The number of thiazole rings is 1. The van der Waals surface area contributed by atoms with Crippen molar-refractivity contribution in [2.75, 3.05) is 17.7 Å². The van der Waals surface area contributed by atoms with Crippen LogP contribution in [0.15, 0.2) is 43.0 Å². The lowest BCUT2D eigenvalue weighted by atomic mass is 9.96. The molecule has 2 aromatic heterocycles. The second kappa shape index (κ2) is 9.35. The molecule has 0 saturated heterocycles. The van der Waals surface area contributed by atoms with Crippen LogP contribution in [0.2, 0.25) is 0 Å². The van der Waals surface area contributed by atoms with E-state index in [1.807, 2.05) is 33.8 Å². The van der Waals surface area contributed by atoms with E-state index >= 15 is 0 Å². The standard InChI is InChI=1S/C23H27N5O3S/c1-7-8-16-13-18(19-14(2)24-21(32-19)26-20(29)23(3,4)5)27-28(16)22(30)25-15-9-11-17(31-6)12-10-15/h7,9-13H,1,8H2,2-6H3,(H,25,30)(H,24,26,29). The van der Waals surface area contributed by atoms with Gasteiger partial charge in [0.2, 0.25) is 5.91 Å². The van der Waals surface area contributed by atoms with Gasteiger partial charge in [-0.2, -0.15) is 9.78 Å². The molecule has 0 radical (unpaired) electrons. The number of nitrogens with one attached hydrogen (secondary N) is 2. The van der Waals surface area contributed by atoms with E-state index in [0.29, 0.717) is 34.4 Å². The number of carbonyl (C=O) groups excluding carboxylic acids is 2. The highest BCUT2D eigenvalue weighted by atomic mass is 32.1. The predicted molar refractivity (Wildman–Crippen MR) is 127 cm³/mol. The number of aromatic nitrogens is 3. The molecule has 0 aliphatic carbocycles. The van der Waals surface area contributed by atoms with E-state index in [9.17, 15) is 9.59 Å². The molecule has 8 nitrogen and oxygen atoms in total. The van der Waals surface area contributed by atoms with Crippen LogP contribution in [0, 0.1) is 12.3 Å². The summed E-state index contributed by atoms with van der Waals surface area (Å²) >= 11 is 1.33. The van der Waals surface area contributed by atoms with Gasteiger partial charge in [0.1, 0.15) is 11.4 Å². The molecule has 3 aromatic rings. The molecular formula is C23H27N5O3S. The molecule has 0 atom stereocenters. The Labute approximate surface area is 191 Å². The molecule has 0 aliphatic heterocycles. The maximum absolute atomic E-state index is 12.9. The lowest BCUT2D eigenvalue weighted by Gasteiger charge is -2.15. The quantitative estimate of drug-likeness (QED) is 0.505. The highest BCUT2D eigenvalue weighted by molar-refractivity contribution is 7.19. The second-order valence-corrected chi connectivity index (χ2v) is 9.22. The minimum absolute atomic E-state index is 0.116. The Morgan fingerprint density at radius 1 is 1.22 bits per heavy atom. The number of carbonyl (C=O) groups is 2. The molecule has 0 unspecified atom stereocenters. The topological polar surface area (TPSA) is 98.1 Å². The summed E-state index contributed by atoms with van der Waals surface area (Å²) in [6, 6.07) is 8.50. The number of nitrogens with zero attached hydrogens (tertiary/aromatic N) is 3. The Kier molecular flexibility index (Phi) is 6.78. The molecule has 9 heteroatoms. The molecule has 0 aliphatic rings. The highest BCUT2D eigenvalue weighted by Gasteiger charge is 2.24. The van der Waals surface area contributed by atoms with Crippen molar-refractivity contribution in [1.82, 2.24) is 14.8 Å². The molecule has 168 valence electrons. The van der Waals surface area contributed by atoms with Crippen LogP contribution >= 0.6 is 11.3 Å². The largest absolute Gasteiger partial charge is 0.497 e. The molecule has 0 bridgehead atoms.